The Labute approximate surface area is 91.3 Å². The summed E-state index contributed by atoms with van der Waals surface area (Å²) in [4.78, 5) is 29.8. The van der Waals surface area contributed by atoms with Gasteiger partial charge in [-0.1, -0.05) is 0 Å². The molecule has 0 saturated carbocycles. The summed E-state index contributed by atoms with van der Waals surface area (Å²) < 4.78 is 0. The molecule has 0 radical (unpaired) electrons. The summed E-state index contributed by atoms with van der Waals surface area (Å²) in [6.07, 6.45) is 0.917. The summed E-state index contributed by atoms with van der Waals surface area (Å²) in [6.45, 7) is 2.91. The van der Waals surface area contributed by atoms with Gasteiger partial charge in [-0.2, -0.15) is 9.59 Å². The fourth-order valence-electron chi connectivity index (χ4n) is 1.48. The molecule has 0 unspecified atom stereocenters. The Morgan fingerprint density at radius 2 is 2.13 bits per heavy atom. The highest BCUT2D eigenvalue weighted by molar-refractivity contribution is 7.12. The molecule has 2 rings (SSSR count). The van der Waals surface area contributed by atoms with E-state index in [1.165, 1.54) is 9.75 Å². The molecule has 1 saturated heterocycles. The smallest absolute Gasteiger partial charge is 0.355 e. The van der Waals surface area contributed by atoms with Gasteiger partial charge in [-0.3, -0.25) is 4.79 Å². The van der Waals surface area contributed by atoms with Gasteiger partial charge in [0.1, 0.15) is 0 Å². The maximum atomic E-state index is 10.9. The Bertz CT molecular complexity index is 380. The Kier molecular flexibility index (Phi) is 4.21. The van der Waals surface area contributed by atoms with Gasteiger partial charge >= 0.3 is 6.15 Å². The van der Waals surface area contributed by atoms with Crippen LogP contribution in [0.25, 0.3) is 0 Å². The zero-order valence-corrected chi connectivity index (χ0v) is 9.10. The second-order valence-corrected chi connectivity index (χ2v) is 4.56. The van der Waals surface area contributed by atoms with E-state index in [2.05, 4.69) is 24.4 Å². The zero-order chi connectivity index (χ0) is 11.3. The molecule has 5 heteroatoms. The summed E-state index contributed by atoms with van der Waals surface area (Å²) >= 11 is 1.79. The Morgan fingerprint density at radius 1 is 1.47 bits per heavy atom. The number of amides is 1. The fraction of sp³-hybridized carbons (Fsp3) is 0.400. The summed E-state index contributed by atoms with van der Waals surface area (Å²) in [5.74, 6) is 0.613. The van der Waals surface area contributed by atoms with Crippen LogP contribution in [0.5, 0.6) is 0 Å². The van der Waals surface area contributed by atoms with Gasteiger partial charge in [0.05, 0.1) is 0 Å². The van der Waals surface area contributed by atoms with Crippen molar-refractivity contribution in [3.05, 3.63) is 21.9 Å². The largest absolute Gasteiger partial charge is 0.373 e. The van der Waals surface area contributed by atoms with Crippen molar-refractivity contribution in [1.29, 1.82) is 0 Å². The van der Waals surface area contributed by atoms with E-state index >= 15 is 0 Å². The molecule has 80 valence electrons. The predicted octanol–water partition coefficient (Wildman–Crippen LogP) is 1.08. The molecule has 1 aromatic heterocycles. The Morgan fingerprint density at radius 3 is 2.53 bits per heavy atom. The van der Waals surface area contributed by atoms with Gasteiger partial charge < -0.3 is 5.32 Å². The number of nitrogens with one attached hydrogen (secondary N) is 1. The van der Waals surface area contributed by atoms with Gasteiger partial charge in [-0.15, -0.1) is 11.3 Å². The molecule has 15 heavy (non-hydrogen) atoms. The summed E-state index contributed by atoms with van der Waals surface area (Å²) in [6, 6.07) is 4.24. The van der Waals surface area contributed by atoms with E-state index in [1.54, 1.807) is 11.3 Å². The molecule has 1 fully saturated rings. The molecule has 2 heterocycles. The average Bonchev–Trinajstić information content (AvgIpc) is 2.75. The molecule has 1 aromatic rings. The average molecular weight is 225 g/mol. The van der Waals surface area contributed by atoms with Crippen LogP contribution >= 0.6 is 11.3 Å². The minimum absolute atomic E-state index is 0.186. The molecule has 0 aromatic carbocycles. The van der Waals surface area contributed by atoms with E-state index in [0.29, 0.717) is 12.3 Å². The minimum atomic E-state index is 0.186. The highest BCUT2D eigenvalue weighted by atomic mass is 32.1. The lowest BCUT2D eigenvalue weighted by Gasteiger charge is -2.01. The molecular weight excluding hydrogens is 214 g/mol. The van der Waals surface area contributed by atoms with Crippen LogP contribution in [0.3, 0.4) is 0 Å². The molecule has 0 bridgehead atoms. The first-order valence-corrected chi connectivity index (χ1v) is 5.31. The van der Waals surface area contributed by atoms with Crippen molar-refractivity contribution in [1.82, 2.24) is 5.32 Å². The van der Waals surface area contributed by atoms with E-state index in [9.17, 15) is 4.79 Å². The lowest BCUT2D eigenvalue weighted by Crippen LogP contribution is -2.13. The minimum Gasteiger partial charge on any atom is -0.355 e. The van der Waals surface area contributed by atoms with Crippen LogP contribution in [0.15, 0.2) is 12.1 Å². The van der Waals surface area contributed by atoms with Crippen molar-refractivity contribution in [3.8, 4) is 0 Å². The standard InChI is InChI=1S/C9H11NOS.CO2/c1-6-2-3-8(12-6)7-4-9(11)10-5-7;2-1-3/h2-3,7H,4-5H2,1H3,(H,10,11);/t7-;/m0./s1. The van der Waals surface area contributed by atoms with E-state index in [0.717, 1.165) is 6.54 Å². The molecule has 4 nitrogen and oxygen atoms in total. The first-order chi connectivity index (χ1) is 7.17. The van der Waals surface area contributed by atoms with Crippen LogP contribution in [0, 0.1) is 6.92 Å². The van der Waals surface area contributed by atoms with Gasteiger partial charge in [-0.25, -0.2) is 0 Å². The molecule has 1 amide bonds. The van der Waals surface area contributed by atoms with Gasteiger partial charge in [0.25, 0.3) is 0 Å². The van der Waals surface area contributed by atoms with E-state index in [1.807, 2.05) is 0 Å². The highest BCUT2D eigenvalue weighted by Gasteiger charge is 2.23. The molecule has 0 spiro atoms. The maximum absolute atomic E-state index is 10.9. The first-order valence-electron chi connectivity index (χ1n) is 4.49. The number of carbonyl (C=O) groups excluding carboxylic acids is 3. The predicted molar refractivity (Wildman–Crippen MR) is 54.4 cm³/mol. The fourth-order valence-corrected chi connectivity index (χ4v) is 2.46. The van der Waals surface area contributed by atoms with E-state index < -0.39 is 0 Å². The zero-order valence-electron chi connectivity index (χ0n) is 8.28. The number of carbonyl (C=O) groups is 1. The first kappa shape index (κ1) is 11.6. The third-order valence-electron chi connectivity index (χ3n) is 2.14. The van der Waals surface area contributed by atoms with Crippen molar-refractivity contribution >= 4 is 23.4 Å². The molecule has 1 aliphatic rings. The van der Waals surface area contributed by atoms with Crippen molar-refractivity contribution in [2.75, 3.05) is 6.54 Å². The van der Waals surface area contributed by atoms with E-state index in [-0.39, 0.29) is 12.1 Å². The number of thiophene rings is 1. The quantitative estimate of drug-likeness (QED) is 0.777. The number of aryl methyl sites for hydroxylation is 1. The number of hydrogen-bond donors (Lipinski definition) is 1. The normalized spacial score (nSPS) is 18.7. The van der Waals surface area contributed by atoms with Gasteiger partial charge in [0.15, 0.2) is 0 Å². The second-order valence-electron chi connectivity index (χ2n) is 3.24. The SMILES string of the molecule is Cc1ccc([C@@H]2CNC(=O)C2)s1.O=C=O. The van der Waals surface area contributed by atoms with Crippen LogP contribution in [0.4, 0.5) is 0 Å². The lowest BCUT2D eigenvalue weighted by atomic mass is 10.1. The molecule has 1 aliphatic heterocycles. The summed E-state index contributed by atoms with van der Waals surface area (Å²) in [7, 11) is 0. The summed E-state index contributed by atoms with van der Waals surface area (Å²) in [5, 5.41) is 2.85. The monoisotopic (exact) mass is 225 g/mol. The molecular formula is C10H11NO3S. The van der Waals surface area contributed by atoms with Crippen molar-refractivity contribution in [2.24, 2.45) is 0 Å². The summed E-state index contributed by atoms with van der Waals surface area (Å²) in [5.41, 5.74) is 0. The number of rotatable bonds is 1. The molecule has 1 N–H and O–H groups in total. The molecule has 0 aliphatic carbocycles. The van der Waals surface area contributed by atoms with E-state index in [4.69, 9.17) is 9.59 Å². The Hall–Kier alpha value is -1.45. The van der Waals surface area contributed by atoms with Crippen LogP contribution in [-0.4, -0.2) is 18.6 Å². The maximum Gasteiger partial charge on any atom is 0.373 e. The van der Waals surface area contributed by atoms with Crippen LogP contribution < -0.4 is 5.32 Å². The number of hydrogen-bond acceptors (Lipinski definition) is 4. The molecule has 1 atom stereocenters. The third kappa shape index (κ3) is 3.31. The second kappa shape index (κ2) is 5.44. The lowest BCUT2D eigenvalue weighted by molar-refractivity contribution is -0.191. The van der Waals surface area contributed by atoms with Gasteiger partial charge in [-0.05, 0) is 19.1 Å². The van der Waals surface area contributed by atoms with Crippen molar-refractivity contribution < 1.29 is 14.4 Å². The third-order valence-corrected chi connectivity index (χ3v) is 3.30. The van der Waals surface area contributed by atoms with Crippen molar-refractivity contribution in [2.45, 2.75) is 19.3 Å². The van der Waals surface area contributed by atoms with Gasteiger partial charge in [0, 0.05) is 28.6 Å². The van der Waals surface area contributed by atoms with Crippen LogP contribution in [0.2, 0.25) is 0 Å². The van der Waals surface area contributed by atoms with Crippen LogP contribution in [-0.2, 0) is 14.4 Å². The van der Waals surface area contributed by atoms with Crippen LogP contribution in [0.1, 0.15) is 22.1 Å². The highest BCUT2D eigenvalue weighted by Crippen LogP contribution is 2.28. The van der Waals surface area contributed by atoms with Gasteiger partial charge in [0.2, 0.25) is 5.91 Å². The topological polar surface area (TPSA) is 63.2 Å². The van der Waals surface area contributed by atoms with Crippen molar-refractivity contribution in [3.63, 3.8) is 0 Å². The Balaban J connectivity index is 0.000000337.